The van der Waals surface area contributed by atoms with Crippen LogP contribution in [0.1, 0.15) is 49.7 Å². The molecule has 2 heterocycles. The highest BCUT2D eigenvalue weighted by Crippen LogP contribution is 2.31. The number of Topliss-reactive ketones (excluding diaryl/α,β-unsaturated/α-hetero) is 1. The van der Waals surface area contributed by atoms with Crippen molar-refractivity contribution in [1.82, 2.24) is 4.31 Å². The predicted octanol–water partition coefficient (Wildman–Crippen LogP) is 3.06. The SMILES string of the molecule is O=C(COC(=O)c1cc2c(s1)CCC2)c1ccc(S(=O)(=O)N2CCCC2)cc1. The zero-order valence-corrected chi connectivity index (χ0v) is 17.0. The van der Waals surface area contributed by atoms with Gasteiger partial charge in [0.15, 0.2) is 12.4 Å². The van der Waals surface area contributed by atoms with Crippen LogP contribution in [0, 0.1) is 0 Å². The summed E-state index contributed by atoms with van der Waals surface area (Å²) in [6.07, 6.45) is 4.85. The van der Waals surface area contributed by atoms with E-state index in [0.717, 1.165) is 32.1 Å². The first-order valence-electron chi connectivity index (χ1n) is 9.37. The third kappa shape index (κ3) is 3.76. The number of benzene rings is 1. The molecule has 0 saturated carbocycles. The molecule has 0 atom stereocenters. The normalized spacial score (nSPS) is 16.9. The second kappa shape index (κ2) is 7.77. The van der Waals surface area contributed by atoms with Gasteiger partial charge in [0.1, 0.15) is 4.88 Å². The summed E-state index contributed by atoms with van der Waals surface area (Å²) in [7, 11) is -3.50. The Morgan fingerprint density at radius 2 is 1.75 bits per heavy atom. The maximum absolute atomic E-state index is 12.5. The van der Waals surface area contributed by atoms with Crippen molar-refractivity contribution in [1.29, 1.82) is 0 Å². The van der Waals surface area contributed by atoms with Gasteiger partial charge >= 0.3 is 5.97 Å². The molecule has 4 rings (SSSR count). The molecular formula is C20H21NO5S2. The van der Waals surface area contributed by atoms with Gasteiger partial charge in [0.2, 0.25) is 10.0 Å². The molecule has 0 spiro atoms. The largest absolute Gasteiger partial charge is 0.453 e. The summed E-state index contributed by atoms with van der Waals surface area (Å²) in [4.78, 5) is 26.4. The van der Waals surface area contributed by atoms with Crippen molar-refractivity contribution in [2.24, 2.45) is 0 Å². The minimum Gasteiger partial charge on any atom is -0.453 e. The first-order valence-corrected chi connectivity index (χ1v) is 11.6. The maximum Gasteiger partial charge on any atom is 0.348 e. The highest BCUT2D eigenvalue weighted by molar-refractivity contribution is 7.89. The lowest BCUT2D eigenvalue weighted by Gasteiger charge is -2.15. The number of thiophene rings is 1. The Hall–Kier alpha value is -2.03. The van der Waals surface area contributed by atoms with Gasteiger partial charge in [-0.05, 0) is 68.0 Å². The molecule has 0 radical (unpaired) electrons. The van der Waals surface area contributed by atoms with Crippen LogP contribution in [0.2, 0.25) is 0 Å². The van der Waals surface area contributed by atoms with E-state index in [9.17, 15) is 18.0 Å². The minimum atomic E-state index is -3.50. The van der Waals surface area contributed by atoms with Crippen molar-refractivity contribution < 1.29 is 22.7 Å². The summed E-state index contributed by atoms with van der Waals surface area (Å²) in [6, 6.07) is 7.68. The van der Waals surface area contributed by atoms with Crippen LogP contribution in [0.5, 0.6) is 0 Å². The number of aryl methyl sites for hydroxylation is 2. The predicted molar refractivity (Wildman–Crippen MR) is 105 cm³/mol. The Morgan fingerprint density at radius 1 is 1.04 bits per heavy atom. The first-order chi connectivity index (χ1) is 13.4. The number of sulfonamides is 1. The molecule has 0 bridgehead atoms. The Balaban J connectivity index is 1.37. The number of nitrogens with zero attached hydrogens (tertiary/aromatic N) is 1. The zero-order chi connectivity index (χ0) is 19.7. The van der Waals surface area contributed by atoms with Crippen molar-refractivity contribution in [3.63, 3.8) is 0 Å². The first kappa shape index (κ1) is 19.3. The van der Waals surface area contributed by atoms with Crippen LogP contribution in [0.25, 0.3) is 0 Å². The Bertz CT molecular complexity index is 980. The Morgan fingerprint density at radius 3 is 2.43 bits per heavy atom. The molecule has 8 heteroatoms. The molecule has 2 aliphatic rings. The van der Waals surface area contributed by atoms with Gasteiger partial charge in [0.05, 0.1) is 4.90 Å². The van der Waals surface area contributed by atoms with E-state index in [-0.39, 0.29) is 17.3 Å². The molecule has 1 aliphatic heterocycles. The van der Waals surface area contributed by atoms with Crippen molar-refractivity contribution >= 4 is 33.1 Å². The molecule has 1 fully saturated rings. The van der Waals surface area contributed by atoms with Crippen LogP contribution in [-0.2, 0) is 27.6 Å². The van der Waals surface area contributed by atoms with E-state index in [0.29, 0.717) is 23.5 Å². The Labute approximate surface area is 168 Å². The molecule has 0 amide bonds. The fourth-order valence-electron chi connectivity index (χ4n) is 3.61. The standard InChI is InChI=1S/C20H21NO5S2/c22-17(13-26-20(23)19-12-15-4-3-5-18(15)27-19)14-6-8-16(9-7-14)28(24,25)21-10-1-2-11-21/h6-9,12H,1-5,10-11,13H2. The van der Waals surface area contributed by atoms with Crippen LogP contribution in [0.4, 0.5) is 0 Å². The lowest BCUT2D eigenvalue weighted by Crippen LogP contribution is -2.27. The molecule has 6 nitrogen and oxygen atoms in total. The van der Waals surface area contributed by atoms with E-state index in [1.165, 1.54) is 50.3 Å². The third-order valence-corrected chi connectivity index (χ3v) is 8.29. The van der Waals surface area contributed by atoms with E-state index < -0.39 is 16.0 Å². The second-order valence-corrected chi connectivity index (χ2v) is 10.1. The van der Waals surface area contributed by atoms with Gasteiger partial charge in [-0.3, -0.25) is 4.79 Å². The van der Waals surface area contributed by atoms with Crippen molar-refractivity contribution in [3.8, 4) is 0 Å². The molecule has 2 aromatic rings. The van der Waals surface area contributed by atoms with Crippen molar-refractivity contribution in [2.75, 3.05) is 19.7 Å². The van der Waals surface area contributed by atoms with Gasteiger partial charge in [-0.1, -0.05) is 0 Å². The number of ketones is 1. The van der Waals surface area contributed by atoms with Crippen LogP contribution in [0.3, 0.4) is 0 Å². The molecule has 0 N–H and O–H groups in total. The average molecular weight is 420 g/mol. The fraction of sp³-hybridized carbons (Fsp3) is 0.400. The maximum atomic E-state index is 12.5. The summed E-state index contributed by atoms with van der Waals surface area (Å²) >= 11 is 1.44. The number of esters is 1. The highest BCUT2D eigenvalue weighted by Gasteiger charge is 2.27. The van der Waals surface area contributed by atoms with E-state index >= 15 is 0 Å². The summed E-state index contributed by atoms with van der Waals surface area (Å²) in [5, 5.41) is 0. The zero-order valence-electron chi connectivity index (χ0n) is 15.3. The summed E-state index contributed by atoms with van der Waals surface area (Å²) in [6.45, 7) is 0.704. The number of hydrogen-bond acceptors (Lipinski definition) is 6. The van der Waals surface area contributed by atoms with E-state index in [1.807, 2.05) is 6.07 Å². The summed E-state index contributed by atoms with van der Waals surface area (Å²) in [5.41, 5.74) is 1.53. The molecule has 1 aromatic carbocycles. The van der Waals surface area contributed by atoms with Crippen LogP contribution in [-0.4, -0.2) is 44.2 Å². The smallest absolute Gasteiger partial charge is 0.348 e. The number of carbonyl (C=O) groups excluding carboxylic acids is 2. The van der Waals surface area contributed by atoms with Crippen LogP contribution < -0.4 is 0 Å². The number of ether oxygens (including phenoxy) is 1. The number of fused-ring (bicyclic) bond motifs is 1. The van der Waals surface area contributed by atoms with Crippen LogP contribution in [0.15, 0.2) is 35.2 Å². The topological polar surface area (TPSA) is 80.8 Å². The van der Waals surface area contributed by atoms with E-state index in [1.54, 1.807) is 0 Å². The highest BCUT2D eigenvalue weighted by atomic mass is 32.2. The number of rotatable bonds is 6. The van der Waals surface area contributed by atoms with Gasteiger partial charge in [-0.15, -0.1) is 11.3 Å². The molecule has 1 aliphatic carbocycles. The van der Waals surface area contributed by atoms with Crippen molar-refractivity contribution in [2.45, 2.75) is 37.0 Å². The van der Waals surface area contributed by atoms with E-state index in [2.05, 4.69) is 0 Å². The lowest BCUT2D eigenvalue weighted by molar-refractivity contribution is 0.0479. The number of hydrogen-bond donors (Lipinski definition) is 0. The third-order valence-electron chi connectivity index (χ3n) is 5.16. The molecule has 1 saturated heterocycles. The molecule has 0 unspecified atom stereocenters. The summed E-state index contributed by atoms with van der Waals surface area (Å²) in [5.74, 6) is -0.844. The fourth-order valence-corrected chi connectivity index (χ4v) is 6.27. The quantitative estimate of drug-likeness (QED) is 0.531. The molecule has 148 valence electrons. The van der Waals surface area contributed by atoms with Crippen LogP contribution >= 0.6 is 11.3 Å². The van der Waals surface area contributed by atoms with Gasteiger partial charge in [-0.25, -0.2) is 13.2 Å². The van der Waals surface area contributed by atoms with E-state index in [4.69, 9.17) is 4.74 Å². The van der Waals surface area contributed by atoms with Gasteiger partial charge < -0.3 is 4.74 Å². The Kier molecular flexibility index (Phi) is 5.35. The van der Waals surface area contributed by atoms with Gasteiger partial charge in [0, 0.05) is 23.5 Å². The van der Waals surface area contributed by atoms with Gasteiger partial charge in [0.25, 0.3) is 0 Å². The second-order valence-electron chi connectivity index (χ2n) is 7.05. The molecule has 1 aromatic heterocycles. The monoisotopic (exact) mass is 419 g/mol. The lowest BCUT2D eigenvalue weighted by atomic mass is 10.1. The number of carbonyl (C=O) groups is 2. The van der Waals surface area contributed by atoms with Crippen molar-refractivity contribution in [3.05, 3.63) is 51.2 Å². The van der Waals surface area contributed by atoms with Gasteiger partial charge in [-0.2, -0.15) is 4.31 Å². The molecular weight excluding hydrogens is 398 g/mol. The summed E-state index contributed by atoms with van der Waals surface area (Å²) < 4.78 is 31.7. The minimum absolute atomic E-state index is 0.177. The molecule has 28 heavy (non-hydrogen) atoms. The average Bonchev–Trinajstić information content (AvgIpc) is 3.43.